The van der Waals surface area contributed by atoms with Gasteiger partial charge in [0.2, 0.25) is 0 Å². The number of benzene rings is 1. The maximum absolute atomic E-state index is 15.2. The van der Waals surface area contributed by atoms with E-state index in [0.29, 0.717) is 5.69 Å². The van der Waals surface area contributed by atoms with Crippen LogP contribution in [0.3, 0.4) is 0 Å². The Bertz CT molecular complexity index is 1660. The van der Waals surface area contributed by atoms with Crippen molar-refractivity contribution in [1.82, 2.24) is 19.9 Å². The SMILES string of the molecule is CCCN(CCCC(CC)CC1CC1)C1=CC(c2cn(-c3c(F)ccc(NS(=O)(=O)c4ccoc4)c3Cl)nn2)=CCC(CC)=C1. The van der Waals surface area contributed by atoms with E-state index >= 15 is 4.39 Å². The van der Waals surface area contributed by atoms with Crippen LogP contribution in [0.2, 0.25) is 5.02 Å². The van der Waals surface area contributed by atoms with Crippen LogP contribution in [0.1, 0.15) is 84.3 Å². The maximum Gasteiger partial charge on any atom is 0.265 e. The van der Waals surface area contributed by atoms with Gasteiger partial charge in [-0.1, -0.05) is 68.5 Å². The lowest BCUT2D eigenvalue weighted by Crippen LogP contribution is -2.25. The quantitative estimate of drug-likeness (QED) is 0.166. The predicted molar refractivity (Wildman–Crippen MR) is 177 cm³/mol. The molecule has 0 amide bonds. The van der Waals surface area contributed by atoms with Crippen molar-refractivity contribution in [1.29, 1.82) is 0 Å². The Morgan fingerprint density at radius 1 is 1.18 bits per heavy atom. The first-order chi connectivity index (χ1) is 21.7. The summed E-state index contributed by atoms with van der Waals surface area (Å²) >= 11 is 6.57. The van der Waals surface area contributed by atoms with E-state index < -0.39 is 15.8 Å². The molecule has 1 N–H and O–H groups in total. The summed E-state index contributed by atoms with van der Waals surface area (Å²) in [5, 5.41) is 8.45. The highest BCUT2D eigenvalue weighted by Crippen LogP contribution is 2.38. The van der Waals surface area contributed by atoms with Crippen LogP contribution >= 0.6 is 11.6 Å². The molecule has 2 aliphatic rings. The number of nitrogens with one attached hydrogen (secondary N) is 1. The van der Waals surface area contributed by atoms with Crippen molar-refractivity contribution >= 4 is 32.9 Å². The molecule has 45 heavy (non-hydrogen) atoms. The van der Waals surface area contributed by atoms with Gasteiger partial charge in [-0.2, -0.15) is 0 Å². The van der Waals surface area contributed by atoms with Crippen LogP contribution in [0, 0.1) is 17.7 Å². The maximum atomic E-state index is 15.2. The van der Waals surface area contributed by atoms with Crippen molar-refractivity contribution in [3.8, 4) is 5.69 Å². The van der Waals surface area contributed by atoms with Gasteiger partial charge in [-0.15, -0.1) is 5.10 Å². The molecule has 11 heteroatoms. The standard InChI is InChI=1S/C34H43ClFN5O3S/c1-4-16-40(17-7-8-24(5-2)19-26-9-10-26)28-20-25(6-3)11-12-27(21-28)32-22-41(39-37-32)34-30(36)13-14-31(33(34)35)38-45(42,43)29-15-18-44-23-29/h12-15,18,20-24,26,38H,4-11,16-17,19H2,1-3H3. The van der Waals surface area contributed by atoms with E-state index in [2.05, 4.69) is 58.9 Å². The van der Waals surface area contributed by atoms with E-state index in [1.165, 1.54) is 60.8 Å². The van der Waals surface area contributed by atoms with Crippen molar-refractivity contribution in [2.75, 3.05) is 17.8 Å². The molecule has 5 rings (SSSR count). The molecule has 1 aromatic carbocycles. The summed E-state index contributed by atoms with van der Waals surface area (Å²) < 4.78 is 49.2. The number of anilines is 1. The Kier molecular flexibility index (Phi) is 10.9. The Labute approximate surface area is 271 Å². The van der Waals surface area contributed by atoms with Gasteiger partial charge in [0.05, 0.1) is 23.2 Å². The van der Waals surface area contributed by atoms with Gasteiger partial charge in [-0.25, -0.2) is 17.5 Å². The van der Waals surface area contributed by atoms with Crippen LogP contribution in [0.15, 0.2) is 75.7 Å². The Morgan fingerprint density at radius 3 is 2.69 bits per heavy atom. The van der Waals surface area contributed by atoms with E-state index in [-0.39, 0.29) is 21.3 Å². The molecule has 0 spiro atoms. The summed E-state index contributed by atoms with van der Waals surface area (Å²) in [5.74, 6) is 1.10. The molecule has 8 nitrogen and oxygen atoms in total. The molecular formula is C34H43ClFN5O3S. The summed E-state index contributed by atoms with van der Waals surface area (Å²) in [6.07, 6.45) is 21.2. The zero-order valence-corrected chi connectivity index (χ0v) is 27.9. The normalized spacial score (nSPS) is 16.1. The van der Waals surface area contributed by atoms with Gasteiger partial charge in [-0.3, -0.25) is 4.72 Å². The Hall–Kier alpha value is -3.37. The second kappa shape index (κ2) is 14.8. The smallest absolute Gasteiger partial charge is 0.265 e. The Morgan fingerprint density at radius 2 is 2.00 bits per heavy atom. The molecular weight excluding hydrogens is 613 g/mol. The first-order valence-corrected chi connectivity index (χ1v) is 17.9. The number of aromatic nitrogens is 3. The molecule has 0 saturated heterocycles. The van der Waals surface area contributed by atoms with E-state index in [0.717, 1.165) is 74.2 Å². The molecule has 2 aliphatic carbocycles. The molecule has 1 fully saturated rings. The van der Waals surface area contributed by atoms with Crippen LogP contribution in [0.4, 0.5) is 10.1 Å². The van der Waals surface area contributed by atoms with Crippen molar-refractivity contribution in [2.45, 2.75) is 83.5 Å². The van der Waals surface area contributed by atoms with Crippen LogP contribution in [-0.4, -0.2) is 41.4 Å². The first-order valence-electron chi connectivity index (χ1n) is 16.0. The predicted octanol–water partition coefficient (Wildman–Crippen LogP) is 8.78. The molecule has 3 aromatic rings. The van der Waals surface area contributed by atoms with E-state index in [1.54, 1.807) is 6.20 Å². The molecule has 2 heterocycles. The molecule has 1 saturated carbocycles. The lowest BCUT2D eigenvalue weighted by atomic mass is 9.94. The highest BCUT2D eigenvalue weighted by atomic mass is 35.5. The number of halogens is 2. The van der Waals surface area contributed by atoms with Crippen molar-refractivity contribution < 1.29 is 17.2 Å². The number of sulfonamides is 1. The minimum absolute atomic E-state index is 0.0108. The Balaban J connectivity index is 1.38. The molecule has 0 aliphatic heterocycles. The highest BCUT2D eigenvalue weighted by molar-refractivity contribution is 7.92. The van der Waals surface area contributed by atoms with Crippen molar-refractivity contribution in [3.63, 3.8) is 0 Å². The third kappa shape index (κ3) is 8.27. The molecule has 2 aromatic heterocycles. The van der Waals surface area contributed by atoms with Gasteiger partial charge < -0.3 is 9.32 Å². The second-order valence-electron chi connectivity index (χ2n) is 12.0. The van der Waals surface area contributed by atoms with Gasteiger partial charge in [-0.05, 0) is 80.7 Å². The number of hydrogen-bond donors (Lipinski definition) is 1. The molecule has 0 bridgehead atoms. The molecule has 1 atom stereocenters. The van der Waals surface area contributed by atoms with E-state index in [4.69, 9.17) is 16.0 Å². The largest absolute Gasteiger partial charge is 0.471 e. The molecule has 1 unspecified atom stereocenters. The van der Waals surface area contributed by atoms with Crippen LogP contribution in [0.25, 0.3) is 11.3 Å². The van der Waals surface area contributed by atoms with Crippen LogP contribution < -0.4 is 4.72 Å². The van der Waals surface area contributed by atoms with Crippen molar-refractivity contribution in [2.24, 2.45) is 11.8 Å². The number of furan rings is 1. The van der Waals surface area contributed by atoms with Crippen LogP contribution in [-0.2, 0) is 10.0 Å². The number of hydrogen-bond acceptors (Lipinski definition) is 6. The fraction of sp³-hybridized carbons (Fsp3) is 0.471. The summed E-state index contributed by atoms with van der Waals surface area (Å²) in [7, 11) is -3.99. The average Bonchev–Trinajstić information content (AvgIpc) is 3.48. The van der Waals surface area contributed by atoms with E-state index in [1.807, 2.05) is 0 Å². The third-order valence-electron chi connectivity index (χ3n) is 8.67. The number of nitrogens with zero attached hydrogens (tertiary/aromatic N) is 4. The summed E-state index contributed by atoms with van der Waals surface area (Å²) in [6, 6.07) is 3.73. The number of rotatable bonds is 16. The molecule has 0 radical (unpaired) electrons. The van der Waals surface area contributed by atoms with E-state index in [9.17, 15) is 8.42 Å². The van der Waals surface area contributed by atoms with Crippen molar-refractivity contribution in [3.05, 3.63) is 83.0 Å². The lowest BCUT2D eigenvalue weighted by Gasteiger charge is -2.27. The van der Waals surface area contributed by atoms with Crippen LogP contribution in [0.5, 0.6) is 0 Å². The summed E-state index contributed by atoms with van der Waals surface area (Å²) in [4.78, 5) is 2.41. The third-order valence-corrected chi connectivity index (χ3v) is 10.4. The monoisotopic (exact) mass is 655 g/mol. The van der Waals surface area contributed by atoms with Gasteiger partial charge in [0.15, 0.2) is 5.82 Å². The lowest BCUT2D eigenvalue weighted by molar-refractivity contribution is 0.317. The summed E-state index contributed by atoms with van der Waals surface area (Å²) in [5.41, 5.74) is 3.86. The summed E-state index contributed by atoms with van der Waals surface area (Å²) in [6.45, 7) is 8.66. The number of allylic oxidation sites excluding steroid dienone is 5. The fourth-order valence-electron chi connectivity index (χ4n) is 5.84. The van der Waals surface area contributed by atoms with Gasteiger partial charge >= 0.3 is 0 Å². The fourth-order valence-corrected chi connectivity index (χ4v) is 7.18. The average molecular weight is 656 g/mol. The first kappa shape index (κ1) is 33.0. The zero-order valence-electron chi connectivity index (χ0n) is 26.3. The van der Waals surface area contributed by atoms with Gasteiger partial charge in [0, 0.05) is 24.4 Å². The van der Waals surface area contributed by atoms with Gasteiger partial charge in [0.1, 0.15) is 22.5 Å². The molecule has 242 valence electrons. The zero-order chi connectivity index (χ0) is 32.0. The van der Waals surface area contributed by atoms with Gasteiger partial charge in [0.25, 0.3) is 10.0 Å². The minimum Gasteiger partial charge on any atom is -0.471 e. The topological polar surface area (TPSA) is 93.3 Å². The second-order valence-corrected chi connectivity index (χ2v) is 14.1. The minimum atomic E-state index is -3.99. The highest BCUT2D eigenvalue weighted by Gasteiger charge is 2.25.